The number of carbonyl (C=O) groups is 8. The van der Waals surface area contributed by atoms with E-state index in [1.165, 1.54) is 19.1 Å². The third-order valence-corrected chi connectivity index (χ3v) is 19.5. The summed E-state index contributed by atoms with van der Waals surface area (Å²) in [5.74, 6) is -8.30. The average Bonchev–Trinajstić information content (AvgIpc) is 0.784. The summed E-state index contributed by atoms with van der Waals surface area (Å²) >= 11 is 0. The molecule has 2 bridgehead atoms. The number of rotatable bonds is 20. The largest absolute Gasteiger partial charge is 0.460 e. The second-order valence-electron chi connectivity index (χ2n) is 26.7. The summed E-state index contributed by atoms with van der Waals surface area (Å²) in [6, 6.07) is -1.21. The quantitative estimate of drug-likeness (QED) is 0.0468. The number of ketones is 3. The first-order chi connectivity index (χ1) is 45.9. The Hall–Kier alpha value is -6.32. The number of esters is 1. The van der Waals surface area contributed by atoms with Gasteiger partial charge in [-0.05, 0) is 114 Å². The van der Waals surface area contributed by atoms with Gasteiger partial charge in [0.15, 0.2) is 5.78 Å². The zero-order valence-electron chi connectivity index (χ0n) is 58.5. The van der Waals surface area contributed by atoms with Crippen LogP contribution in [-0.2, 0) is 78.0 Å². The molecule has 25 nitrogen and oxygen atoms in total. The molecule has 0 aromatic carbocycles. The fourth-order valence-electron chi connectivity index (χ4n) is 13.4. The lowest BCUT2D eigenvalue weighted by molar-refractivity contribution is -0.265. The van der Waals surface area contributed by atoms with E-state index >= 15 is 0 Å². The van der Waals surface area contributed by atoms with E-state index in [0.717, 1.165) is 11.1 Å². The summed E-state index contributed by atoms with van der Waals surface area (Å²) < 4.78 is 46.8. The number of alkyl carbamates (subject to hydrolysis) is 1. The second-order valence-corrected chi connectivity index (χ2v) is 26.7. The molecule has 5 heterocycles. The fourth-order valence-corrected chi connectivity index (χ4v) is 13.4. The number of aliphatic hydroxyl groups excluding tert-OH is 1. The molecule has 4 N–H and O–H groups in total. The number of Topliss-reactive ketones (excluding diaryl/α,β-unsaturated/α-hetero) is 3. The molecule has 0 spiro atoms. The fraction of sp³-hybridized carbons (Fsp3) is 0.718. The Bertz CT molecular complexity index is 2840. The van der Waals surface area contributed by atoms with Gasteiger partial charge in [0.1, 0.15) is 36.2 Å². The van der Waals surface area contributed by atoms with Crippen molar-refractivity contribution in [1.29, 1.82) is 0 Å². The number of allylic oxidation sites excluding steroid dienone is 6. The van der Waals surface area contributed by atoms with Gasteiger partial charge in [-0.2, -0.15) is 0 Å². The van der Waals surface area contributed by atoms with Crippen LogP contribution in [0.4, 0.5) is 10.7 Å². The van der Waals surface area contributed by atoms with Crippen molar-refractivity contribution in [2.24, 2.45) is 35.5 Å². The normalized spacial score (nSPS) is 31.9. The van der Waals surface area contributed by atoms with Crippen molar-refractivity contribution in [3.63, 3.8) is 0 Å². The SMILES string of the molecule is CCOCCC(=O)N1CCN(c2ncc(CNC(=O)CCOCCNC(=O)O[C@@H]3CCC(C[C@@H](C)[C@@H]4CC(=O)[C@H](C)/C=C(\C)[C@@H](O)[C@@H](OC)C(=O)C(C)C[C@H](C)/C=C/C=C/C=C(\C)C(OC)C[C@@H]5CC[C@@H](C)[C@@](O)(O5)C(=O)C(=O)N5CCCC[C@H]5C(=O)O4)C[C@H]3OC)cn2)CC1. The number of piperazine rings is 1. The minimum atomic E-state index is -2.48. The lowest BCUT2D eigenvalue weighted by Gasteiger charge is -2.42. The number of nitrogens with one attached hydrogen (secondary N) is 2. The van der Waals surface area contributed by atoms with Crippen LogP contribution in [0, 0.1) is 35.5 Å². The van der Waals surface area contributed by atoms with Crippen LogP contribution in [0.5, 0.6) is 0 Å². The van der Waals surface area contributed by atoms with Crippen molar-refractivity contribution in [3.8, 4) is 0 Å². The molecule has 1 saturated carbocycles. The van der Waals surface area contributed by atoms with Crippen LogP contribution < -0.4 is 15.5 Å². The van der Waals surface area contributed by atoms with E-state index in [2.05, 4.69) is 20.6 Å². The number of aromatic nitrogens is 2. The predicted octanol–water partition coefficient (Wildman–Crippen LogP) is 6.50. The maximum atomic E-state index is 14.7. The van der Waals surface area contributed by atoms with Gasteiger partial charge in [0.05, 0.1) is 44.6 Å². The molecule has 536 valence electrons. The monoisotopic (exact) mass is 1350 g/mol. The first-order valence-electron chi connectivity index (χ1n) is 34.6. The van der Waals surface area contributed by atoms with E-state index in [4.69, 9.17) is 37.9 Å². The number of aliphatic hydroxyl groups is 2. The van der Waals surface area contributed by atoms with Gasteiger partial charge in [-0.15, -0.1) is 0 Å². The number of nitrogens with zero attached hydrogens (tertiary/aromatic N) is 5. The smallest absolute Gasteiger partial charge is 0.407 e. The Balaban J connectivity index is 1.05. The molecule has 96 heavy (non-hydrogen) atoms. The van der Waals surface area contributed by atoms with E-state index in [9.17, 15) is 48.6 Å². The van der Waals surface area contributed by atoms with E-state index < -0.39 is 102 Å². The van der Waals surface area contributed by atoms with Crippen LogP contribution >= 0.6 is 0 Å². The average molecular weight is 1350 g/mol. The Morgan fingerprint density at radius 2 is 1.52 bits per heavy atom. The van der Waals surface area contributed by atoms with Crippen LogP contribution in [0.2, 0.25) is 0 Å². The van der Waals surface area contributed by atoms with E-state index in [1.54, 1.807) is 53.3 Å². The van der Waals surface area contributed by atoms with Crippen LogP contribution in [0.3, 0.4) is 0 Å². The van der Waals surface area contributed by atoms with Gasteiger partial charge in [0.2, 0.25) is 23.5 Å². The van der Waals surface area contributed by atoms with E-state index in [0.29, 0.717) is 115 Å². The highest BCUT2D eigenvalue weighted by molar-refractivity contribution is 6.39. The minimum absolute atomic E-state index is 0.0172. The number of methoxy groups -OCH3 is 3. The molecule has 4 aliphatic heterocycles. The summed E-state index contributed by atoms with van der Waals surface area (Å²) in [7, 11) is 4.47. The second kappa shape index (κ2) is 39.3. The first kappa shape index (κ1) is 78.7. The molecule has 3 saturated heterocycles. The highest BCUT2D eigenvalue weighted by Gasteiger charge is 2.53. The minimum Gasteiger partial charge on any atom is -0.460 e. The molecule has 25 heteroatoms. The predicted molar refractivity (Wildman–Crippen MR) is 357 cm³/mol. The molecular weight excluding hydrogens is 1240 g/mol. The molecule has 15 atom stereocenters. The molecule has 5 aliphatic rings. The van der Waals surface area contributed by atoms with Gasteiger partial charge in [-0.25, -0.2) is 19.6 Å². The van der Waals surface area contributed by atoms with Gasteiger partial charge in [-0.3, -0.25) is 28.8 Å². The molecule has 1 aliphatic carbocycles. The van der Waals surface area contributed by atoms with Crippen molar-refractivity contribution < 1.29 is 86.5 Å². The first-order valence-corrected chi connectivity index (χ1v) is 34.6. The third-order valence-electron chi connectivity index (χ3n) is 19.5. The van der Waals surface area contributed by atoms with Gasteiger partial charge in [0.25, 0.3) is 11.7 Å². The van der Waals surface area contributed by atoms with Crippen LogP contribution in [-0.4, -0.2) is 219 Å². The highest BCUT2D eigenvalue weighted by Crippen LogP contribution is 2.38. The summed E-state index contributed by atoms with van der Waals surface area (Å²) in [6.45, 7) is 18.4. The van der Waals surface area contributed by atoms with E-state index in [1.807, 2.05) is 67.9 Å². The number of hydrogen-bond donors (Lipinski definition) is 4. The number of amides is 4. The number of fused-ring (bicyclic) bond motifs is 3. The molecule has 1 aromatic heterocycles. The Morgan fingerprint density at radius 3 is 2.22 bits per heavy atom. The standard InChI is InChI=1S/C71H109N7O18/c1-12-92-34-26-62(81)76-29-31-77(32-30-76)69-74-43-53(44-75-69)42-73-61(80)25-33-93-35-27-72-70(87)95-57-24-22-52(39-60(57)90-10)38-48(5)59-41-56(79)47(4)37-50(7)64(83)65(91-11)63(82)49(6)36-45(2)18-14-13-15-19-46(3)58(89-9)40-54-23-21-51(8)71(88,96-54)66(84)67(85)78-28-17-16-20-55(78)68(86)94-59/h13-15,18-19,37,43-45,47-49,51-52,54-55,57-60,64-65,83,88H,12,16-17,20-36,38-42H2,1-11H3,(H,72,87)(H,73,80)/b15-13+,18-14+,46-19+,50-37+/t45-,47-,48-,49?,51-,52?,54+,55+,57-,58?,59+,60-,64-,65+,71-/m1/s1. The molecular formula is C71H109N7O18. The number of carbonyl (C=O) groups excluding carboxylic acids is 8. The number of ether oxygens (including phenoxy) is 8. The molecule has 4 fully saturated rings. The van der Waals surface area contributed by atoms with Crippen LogP contribution in [0.15, 0.2) is 60.0 Å². The van der Waals surface area contributed by atoms with Gasteiger partial charge in [0, 0.05) is 129 Å². The number of hydrogen-bond acceptors (Lipinski definition) is 21. The Morgan fingerprint density at radius 1 is 0.792 bits per heavy atom. The number of anilines is 1. The van der Waals surface area contributed by atoms with Gasteiger partial charge >= 0.3 is 12.1 Å². The van der Waals surface area contributed by atoms with Crippen molar-refractivity contribution in [2.45, 2.75) is 206 Å². The lowest BCUT2D eigenvalue weighted by Crippen LogP contribution is -2.61. The Kier molecular flexibility index (Phi) is 32.2. The lowest BCUT2D eigenvalue weighted by atomic mass is 9.78. The number of piperidine rings is 1. The Labute approximate surface area is 567 Å². The molecule has 0 radical (unpaired) electrons. The zero-order valence-corrected chi connectivity index (χ0v) is 58.5. The van der Waals surface area contributed by atoms with Crippen LogP contribution in [0.1, 0.15) is 151 Å². The van der Waals surface area contributed by atoms with Crippen molar-refractivity contribution in [1.82, 2.24) is 30.4 Å². The summed E-state index contributed by atoms with van der Waals surface area (Å²) in [4.78, 5) is 124. The van der Waals surface area contributed by atoms with Crippen molar-refractivity contribution >= 4 is 53.1 Å². The number of cyclic esters (lactones) is 1. The van der Waals surface area contributed by atoms with Gasteiger partial charge < -0.3 is 73.4 Å². The molecule has 6 rings (SSSR count). The maximum Gasteiger partial charge on any atom is 0.407 e. The summed E-state index contributed by atoms with van der Waals surface area (Å²) in [6.07, 6.45) is 12.9. The van der Waals surface area contributed by atoms with Crippen molar-refractivity contribution in [2.75, 3.05) is 91.9 Å². The summed E-state index contributed by atoms with van der Waals surface area (Å²) in [5, 5.41) is 29.3. The zero-order chi connectivity index (χ0) is 70.1. The van der Waals surface area contributed by atoms with E-state index in [-0.39, 0.29) is 93.7 Å². The summed E-state index contributed by atoms with van der Waals surface area (Å²) in [5.41, 5.74) is 1.93. The highest BCUT2D eigenvalue weighted by atomic mass is 16.6. The van der Waals surface area contributed by atoms with Crippen LogP contribution in [0.25, 0.3) is 0 Å². The maximum absolute atomic E-state index is 14.7. The molecule has 3 unspecified atom stereocenters. The topological polar surface area (TPSA) is 310 Å². The third kappa shape index (κ3) is 23.2. The van der Waals surface area contributed by atoms with Crippen molar-refractivity contribution in [3.05, 3.63) is 65.6 Å². The van der Waals surface area contributed by atoms with Gasteiger partial charge in [-0.1, -0.05) is 71.1 Å². The molecule has 1 aromatic rings. The molecule has 4 amide bonds.